The number of allylic oxidation sites excluding steroid dienone is 1. The number of aryl methyl sites for hydroxylation is 1. The number of benzene rings is 2. The van der Waals surface area contributed by atoms with Crippen LogP contribution in [0.5, 0.6) is 0 Å². The predicted octanol–water partition coefficient (Wildman–Crippen LogP) is 8.06. The maximum atomic E-state index is 3.84. The largest absolute Gasteiger partial charge is 0.103 e. The first-order valence-electron chi connectivity index (χ1n) is 11.4. The van der Waals surface area contributed by atoms with E-state index in [4.69, 9.17) is 0 Å². The van der Waals surface area contributed by atoms with E-state index in [1.165, 1.54) is 67.7 Å². The Morgan fingerprint density at radius 3 is 2.56 bits per heavy atom. The number of rotatable bonds is 6. The van der Waals surface area contributed by atoms with Crippen LogP contribution in [0.15, 0.2) is 49.1 Å². The van der Waals surface area contributed by atoms with Crippen LogP contribution in [0, 0.1) is 17.8 Å². The summed E-state index contributed by atoms with van der Waals surface area (Å²) in [7, 11) is 0. The smallest absolute Gasteiger partial charge is 0.0159 e. The van der Waals surface area contributed by atoms with Crippen molar-refractivity contribution in [2.45, 2.75) is 77.0 Å². The first kappa shape index (κ1) is 18.8. The van der Waals surface area contributed by atoms with Gasteiger partial charge in [-0.15, -0.1) is 6.58 Å². The highest BCUT2D eigenvalue weighted by Crippen LogP contribution is 2.48. The number of hydrogen-bond acceptors (Lipinski definition) is 0. The van der Waals surface area contributed by atoms with Crippen molar-refractivity contribution in [3.05, 3.63) is 60.2 Å². The highest BCUT2D eigenvalue weighted by atomic mass is 14.4. The Labute approximate surface area is 166 Å². The zero-order chi connectivity index (χ0) is 18.6. The maximum Gasteiger partial charge on any atom is -0.0159 e. The van der Waals surface area contributed by atoms with E-state index in [1.807, 2.05) is 6.08 Å². The third kappa shape index (κ3) is 4.31. The van der Waals surface area contributed by atoms with Gasteiger partial charge in [-0.05, 0) is 90.5 Å². The summed E-state index contributed by atoms with van der Waals surface area (Å²) in [5.41, 5.74) is 3.02. The molecule has 2 aromatic rings. The van der Waals surface area contributed by atoms with Gasteiger partial charge in [-0.1, -0.05) is 68.7 Å². The second-order valence-corrected chi connectivity index (χ2v) is 9.27. The third-order valence-corrected chi connectivity index (χ3v) is 7.46. The summed E-state index contributed by atoms with van der Waals surface area (Å²) >= 11 is 0. The fourth-order valence-corrected chi connectivity index (χ4v) is 5.95. The van der Waals surface area contributed by atoms with E-state index in [-0.39, 0.29) is 0 Å². The van der Waals surface area contributed by atoms with Gasteiger partial charge in [0.1, 0.15) is 0 Å². The standard InChI is InChI=1S/C27H36/c1-3-5-7-21-9-11-25-19-27(15-13-23(25)17-21)26-14-12-22-16-20(6-4-2)8-10-24(22)18-26/h3,9,11,13,15,17,19-20,22,24,26H,1,4-8,10,12,14,16,18H2,2H3. The molecule has 0 nitrogen and oxygen atoms in total. The predicted molar refractivity (Wildman–Crippen MR) is 118 cm³/mol. The minimum absolute atomic E-state index is 0.791. The van der Waals surface area contributed by atoms with Crippen molar-refractivity contribution in [2.24, 2.45) is 17.8 Å². The van der Waals surface area contributed by atoms with E-state index in [0.717, 1.165) is 36.5 Å². The zero-order valence-corrected chi connectivity index (χ0v) is 17.1. The summed E-state index contributed by atoms with van der Waals surface area (Å²) in [6, 6.07) is 14.3. The van der Waals surface area contributed by atoms with Crippen molar-refractivity contribution in [1.29, 1.82) is 0 Å². The van der Waals surface area contributed by atoms with E-state index in [9.17, 15) is 0 Å². The lowest BCUT2D eigenvalue weighted by atomic mass is 9.63. The van der Waals surface area contributed by atoms with Gasteiger partial charge in [-0.3, -0.25) is 0 Å². The Hall–Kier alpha value is -1.56. The Morgan fingerprint density at radius 2 is 1.70 bits per heavy atom. The molecule has 0 heterocycles. The van der Waals surface area contributed by atoms with Crippen LogP contribution >= 0.6 is 0 Å². The van der Waals surface area contributed by atoms with Gasteiger partial charge in [0.15, 0.2) is 0 Å². The van der Waals surface area contributed by atoms with Gasteiger partial charge in [0.25, 0.3) is 0 Å². The molecule has 0 aliphatic heterocycles. The molecule has 0 spiro atoms. The Balaban J connectivity index is 1.44. The van der Waals surface area contributed by atoms with Crippen LogP contribution in [0.3, 0.4) is 0 Å². The van der Waals surface area contributed by atoms with Crippen molar-refractivity contribution in [3.63, 3.8) is 0 Å². The van der Waals surface area contributed by atoms with Crippen molar-refractivity contribution >= 4 is 10.8 Å². The Bertz CT molecular complexity index is 771. The van der Waals surface area contributed by atoms with Gasteiger partial charge in [-0.2, -0.15) is 0 Å². The molecule has 2 aliphatic carbocycles. The summed E-state index contributed by atoms with van der Waals surface area (Å²) in [6.45, 7) is 6.20. The summed E-state index contributed by atoms with van der Waals surface area (Å²) in [5, 5.41) is 2.82. The molecule has 0 N–H and O–H groups in total. The molecule has 0 bridgehead atoms. The summed E-state index contributed by atoms with van der Waals surface area (Å²) in [5.74, 6) is 3.84. The lowest BCUT2D eigenvalue weighted by Crippen LogP contribution is -2.30. The van der Waals surface area contributed by atoms with Gasteiger partial charge >= 0.3 is 0 Å². The second kappa shape index (κ2) is 8.63. The van der Waals surface area contributed by atoms with Gasteiger partial charge in [0.05, 0.1) is 0 Å². The van der Waals surface area contributed by atoms with Gasteiger partial charge in [0, 0.05) is 0 Å². The number of hydrogen-bond donors (Lipinski definition) is 0. The van der Waals surface area contributed by atoms with E-state index >= 15 is 0 Å². The Kier molecular flexibility index (Phi) is 6.01. The minimum atomic E-state index is 0.791. The molecule has 4 atom stereocenters. The molecule has 4 unspecified atom stereocenters. The average molecular weight is 361 g/mol. The van der Waals surface area contributed by atoms with Crippen LogP contribution in [0.1, 0.15) is 81.8 Å². The van der Waals surface area contributed by atoms with Crippen molar-refractivity contribution < 1.29 is 0 Å². The third-order valence-electron chi connectivity index (χ3n) is 7.46. The van der Waals surface area contributed by atoms with E-state index < -0.39 is 0 Å². The molecule has 144 valence electrons. The summed E-state index contributed by atoms with van der Waals surface area (Å²) in [4.78, 5) is 0. The number of fused-ring (bicyclic) bond motifs is 2. The summed E-state index contributed by atoms with van der Waals surface area (Å²) < 4.78 is 0. The lowest BCUT2D eigenvalue weighted by Gasteiger charge is -2.42. The van der Waals surface area contributed by atoms with E-state index in [0.29, 0.717) is 0 Å². The molecule has 2 fully saturated rings. The van der Waals surface area contributed by atoms with Crippen molar-refractivity contribution in [3.8, 4) is 0 Å². The van der Waals surface area contributed by atoms with Crippen LogP contribution in [0.2, 0.25) is 0 Å². The first-order chi connectivity index (χ1) is 13.3. The fourth-order valence-electron chi connectivity index (χ4n) is 5.95. The molecule has 2 saturated carbocycles. The molecule has 2 aromatic carbocycles. The molecule has 0 radical (unpaired) electrons. The molecule has 27 heavy (non-hydrogen) atoms. The lowest BCUT2D eigenvalue weighted by molar-refractivity contribution is 0.114. The van der Waals surface area contributed by atoms with Crippen LogP contribution < -0.4 is 0 Å². The molecular formula is C27H36. The fraction of sp³-hybridized carbons (Fsp3) is 0.556. The summed E-state index contributed by atoms with van der Waals surface area (Å²) in [6.07, 6.45) is 15.8. The highest BCUT2D eigenvalue weighted by Gasteiger charge is 2.35. The van der Waals surface area contributed by atoms with E-state index in [1.54, 1.807) is 5.56 Å². The van der Waals surface area contributed by atoms with Crippen LogP contribution in [0.4, 0.5) is 0 Å². The molecule has 0 saturated heterocycles. The molecule has 2 aliphatic rings. The van der Waals surface area contributed by atoms with Crippen molar-refractivity contribution in [1.82, 2.24) is 0 Å². The van der Waals surface area contributed by atoms with E-state index in [2.05, 4.69) is 49.9 Å². The highest BCUT2D eigenvalue weighted by molar-refractivity contribution is 5.84. The second-order valence-electron chi connectivity index (χ2n) is 9.27. The zero-order valence-electron chi connectivity index (χ0n) is 17.1. The maximum absolute atomic E-state index is 3.84. The molecular weight excluding hydrogens is 324 g/mol. The molecule has 0 amide bonds. The molecule has 4 rings (SSSR count). The van der Waals surface area contributed by atoms with Gasteiger partial charge < -0.3 is 0 Å². The topological polar surface area (TPSA) is 0 Å². The van der Waals surface area contributed by atoms with Gasteiger partial charge in [0.2, 0.25) is 0 Å². The van der Waals surface area contributed by atoms with Crippen LogP contribution in [-0.2, 0) is 6.42 Å². The van der Waals surface area contributed by atoms with Crippen LogP contribution in [-0.4, -0.2) is 0 Å². The molecule has 0 heteroatoms. The van der Waals surface area contributed by atoms with Crippen LogP contribution in [0.25, 0.3) is 10.8 Å². The Morgan fingerprint density at radius 1 is 0.926 bits per heavy atom. The SMILES string of the molecule is C=CCCc1ccc2cc(C3CCC4CC(CCC)CCC4C3)ccc2c1. The minimum Gasteiger partial charge on any atom is -0.103 e. The van der Waals surface area contributed by atoms with Crippen molar-refractivity contribution in [2.75, 3.05) is 0 Å². The first-order valence-corrected chi connectivity index (χ1v) is 11.4. The quantitative estimate of drug-likeness (QED) is 0.457. The van der Waals surface area contributed by atoms with Gasteiger partial charge in [-0.25, -0.2) is 0 Å². The normalized spacial score (nSPS) is 28.0. The average Bonchev–Trinajstić information content (AvgIpc) is 2.71. The monoisotopic (exact) mass is 360 g/mol. The molecule has 0 aromatic heterocycles.